The highest BCUT2D eigenvalue weighted by Gasteiger charge is 2.19. The first-order valence-electron chi connectivity index (χ1n) is 7.20. The largest absolute Gasteiger partial charge is 0.423 e. The lowest BCUT2D eigenvalue weighted by molar-refractivity contribution is -0.151. The summed E-state index contributed by atoms with van der Waals surface area (Å²) in [7, 11) is 0. The molecule has 0 saturated carbocycles. The van der Waals surface area contributed by atoms with Crippen molar-refractivity contribution >= 4 is 23.3 Å². The maximum atomic E-state index is 11.9. The van der Waals surface area contributed by atoms with Gasteiger partial charge < -0.3 is 25.7 Å². The summed E-state index contributed by atoms with van der Waals surface area (Å²) in [6, 6.07) is 13.1. The van der Waals surface area contributed by atoms with E-state index < -0.39 is 24.6 Å². The molecule has 2 rings (SSSR count). The molecule has 0 spiro atoms. The molecule has 1 atom stereocenters. The van der Waals surface area contributed by atoms with Gasteiger partial charge in [0, 0.05) is 0 Å². The Morgan fingerprint density at radius 2 is 1.42 bits per heavy atom. The molecule has 2 aromatic rings. The number of hydrogen-bond donors (Lipinski definition) is 2. The molecule has 0 heterocycles. The van der Waals surface area contributed by atoms with Crippen LogP contribution in [0.1, 0.15) is 6.92 Å². The number of esters is 2. The highest BCUT2D eigenvalue weighted by molar-refractivity contribution is 5.79. The fourth-order valence-electron chi connectivity index (χ4n) is 1.75. The van der Waals surface area contributed by atoms with Crippen molar-refractivity contribution in [1.29, 1.82) is 0 Å². The van der Waals surface area contributed by atoms with Crippen molar-refractivity contribution in [3.63, 3.8) is 0 Å². The monoisotopic (exact) mass is 330 g/mol. The second-order valence-corrected chi connectivity index (χ2v) is 4.92. The van der Waals surface area contributed by atoms with Crippen LogP contribution in [0.2, 0.25) is 0 Å². The summed E-state index contributed by atoms with van der Waals surface area (Å²) in [5.41, 5.74) is 12.0. The molecular formula is C17H18N2O5. The van der Waals surface area contributed by atoms with Crippen molar-refractivity contribution < 1.29 is 23.8 Å². The predicted molar refractivity (Wildman–Crippen MR) is 88.4 cm³/mol. The van der Waals surface area contributed by atoms with Gasteiger partial charge in [-0.2, -0.15) is 0 Å². The van der Waals surface area contributed by atoms with Gasteiger partial charge in [0.1, 0.15) is 6.61 Å². The van der Waals surface area contributed by atoms with Crippen molar-refractivity contribution in [3.05, 3.63) is 48.5 Å². The normalized spacial score (nSPS) is 11.5. The highest BCUT2D eigenvalue weighted by Crippen LogP contribution is 2.21. The average molecular weight is 330 g/mol. The molecule has 0 fully saturated rings. The molecule has 0 radical (unpaired) electrons. The van der Waals surface area contributed by atoms with Crippen molar-refractivity contribution in [3.8, 4) is 11.5 Å². The molecule has 4 N–H and O–H groups in total. The lowest BCUT2D eigenvalue weighted by atomic mass is 10.3. The molecule has 0 aliphatic heterocycles. The number of nitrogen functional groups attached to an aromatic ring is 2. The summed E-state index contributed by atoms with van der Waals surface area (Å²) in [5.74, 6) is -0.873. The molecule has 0 aliphatic carbocycles. The third-order valence-electron chi connectivity index (χ3n) is 3.06. The minimum atomic E-state index is -0.967. The molecule has 1 unspecified atom stereocenters. The van der Waals surface area contributed by atoms with Gasteiger partial charge in [0.05, 0.1) is 11.4 Å². The summed E-state index contributed by atoms with van der Waals surface area (Å²) in [5, 5.41) is 0. The SMILES string of the molecule is CC(OCC(=O)Oc1ccccc1N)C(=O)Oc1ccccc1N. The second-order valence-electron chi connectivity index (χ2n) is 4.92. The number of rotatable bonds is 6. The average Bonchev–Trinajstić information content (AvgIpc) is 2.56. The van der Waals surface area contributed by atoms with E-state index >= 15 is 0 Å². The Kier molecular flexibility index (Phi) is 5.75. The zero-order valence-corrected chi connectivity index (χ0v) is 13.1. The zero-order chi connectivity index (χ0) is 17.5. The number of hydrogen-bond acceptors (Lipinski definition) is 7. The number of carbonyl (C=O) groups is 2. The van der Waals surface area contributed by atoms with Gasteiger partial charge in [-0.3, -0.25) is 0 Å². The van der Waals surface area contributed by atoms with E-state index in [9.17, 15) is 9.59 Å². The Morgan fingerprint density at radius 3 is 1.96 bits per heavy atom. The van der Waals surface area contributed by atoms with Crippen LogP contribution < -0.4 is 20.9 Å². The van der Waals surface area contributed by atoms with Gasteiger partial charge in [-0.15, -0.1) is 0 Å². The quantitative estimate of drug-likeness (QED) is 0.471. The number of anilines is 2. The van der Waals surface area contributed by atoms with Crippen LogP contribution in [0, 0.1) is 0 Å². The van der Waals surface area contributed by atoms with Gasteiger partial charge in [0.2, 0.25) is 0 Å². The number of benzene rings is 2. The number of nitrogens with two attached hydrogens (primary N) is 2. The lowest BCUT2D eigenvalue weighted by Gasteiger charge is -2.13. The van der Waals surface area contributed by atoms with E-state index in [0.717, 1.165) is 0 Å². The van der Waals surface area contributed by atoms with E-state index in [2.05, 4.69) is 0 Å². The van der Waals surface area contributed by atoms with Crippen LogP contribution >= 0.6 is 0 Å². The van der Waals surface area contributed by atoms with Gasteiger partial charge in [0.25, 0.3) is 0 Å². The second kappa shape index (κ2) is 7.98. The molecule has 0 aromatic heterocycles. The van der Waals surface area contributed by atoms with E-state index in [0.29, 0.717) is 11.4 Å². The highest BCUT2D eigenvalue weighted by atomic mass is 16.6. The van der Waals surface area contributed by atoms with E-state index in [1.165, 1.54) is 6.92 Å². The predicted octanol–water partition coefficient (Wildman–Crippen LogP) is 1.77. The van der Waals surface area contributed by atoms with Crippen molar-refractivity contribution in [2.75, 3.05) is 18.1 Å². The third kappa shape index (κ3) is 4.72. The molecule has 7 nitrogen and oxygen atoms in total. The molecule has 0 saturated heterocycles. The van der Waals surface area contributed by atoms with Gasteiger partial charge in [-0.1, -0.05) is 24.3 Å². The molecular weight excluding hydrogens is 312 g/mol. The number of carbonyl (C=O) groups excluding carboxylic acids is 2. The molecule has 24 heavy (non-hydrogen) atoms. The first-order chi connectivity index (χ1) is 11.5. The molecule has 0 amide bonds. The lowest BCUT2D eigenvalue weighted by Crippen LogP contribution is -2.29. The third-order valence-corrected chi connectivity index (χ3v) is 3.06. The Hall–Kier alpha value is -3.06. The van der Waals surface area contributed by atoms with Crippen molar-refractivity contribution in [2.24, 2.45) is 0 Å². The van der Waals surface area contributed by atoms with Gasteiger partial charge in [0.15, 0.2) is 17.6 Å². The smallest absolute Gasteiger partial charge is 0.340 e. The summed E-state index contributed by atoms with van der Waals surface area (Å²) in [6.45, 7) is 1.04. The first-order valence-corrected chi connectivity index (χ1v) is 7.20. The maximum absolute atomic E-state index is 11.9. The number of ether oxygens (including phenoxy) is 3. The minimum absolute atomic E-state index is 0.234. The molecule has 2 aromatic carbocycles. The van der Waals surface area contributed by atoms with Gasteiger partial charge in [-0.25, -0.2) is 9.59 Å². The Bertz CT molecular complexity index is 732. The fourth-order valence-corrected chi connectivity index (χ4v) is 1.75. The van der Waals surface area contributed by atoms with E-state index in [1.54, 1.807) is 48.5 Å². The molecule has 7 heteroatoms. The molecule has 0 bridgehead atoms. The van der Waals surface area contributed by atoms with E-state index in [-0.39, 0.29) is 11.5 Å². The Balaban J connectivity index is 1.83. The Labute approximate surface area is 139 Å². The van der Waals surface area contributed by atoms with Crippen LogP contribution in [0.3, 0.4) is 0 Å². The summed E-state index contributed by atoms with van der Waals surface area (Å²) in [6.07, 6.45) is -0.967. The van der Waals surface area contributed by atoms with Gasteiger partial charge >= 0.3 is 11.9 Å². The van der Waals surface area contributed by atoms with Crippen LogP contribution in [0.25, 0.3) is 0 Å². The summed E-state index contributed by atoms with van der Waals surface area (Å²) in [4.78, 5) is 23.6. The molecule has 0 aliphatic rings. The molecule has 126 valence electrons. The van der Waals surface area contributed by atoms with Crippen LogP contribution in [0.5, 0.6) is 11.5 Å². The van der Waals surface area contributed by atoms with E-state index in [1.807, 2.05) is 0 Å². The first kappa shape index (κ1) is 17.3. The van der Waals surface area contributed by atoms with Crippen molar-refractivity contribution in [2.45, 2.75) is 13.0 Å². The summed E-state index contributed by atoms with van der Waals surface area (Å²) >= 11 is 0. The maximum Gasteiger partial charge on any atom is 0.340 e. The minimum Gasteiger partial charge on any atom is -0.423 e. The van der Waals surface area contributed by atoms with Crippen LogP contribution in [0.15, 0.2) is 48.5 Å². The van der Waals surface area contributed by atoms with Crippen molar-refractivity contribution in [1.82, 2.24) is 0 Å². The van der Waals surface area contributed by atoms with Crippen LogP contribution in [-0.4, -0.2) is 24.6 Å². The van der Waals surface area contributed by atoms with Crippen LogP contribution in [0.4, 0.5) is 11.4 Å². The number of para-hydroxylation sites is 4. The topological polar surface area (TPSA) is 114 Å². The summed E-state index contributed by atoms with van der Waals surface area (Å²) < 4.78 is 15.3. The standard InChI is InChI=1S/C17H18N2O5/c1-11(17(21)24-15-9-5-3-7-13(15)19)22-10-16(20)23-14-8-4-2-6-12(14)18/h2-9,11H,10,18-19H2,1H3. The zero-order valence-electron chi connectivity index (χ0n) is 13.1. The fraction of sp³-hybridized carbons (Fsp3) is 0.176. The van der Waals surface area contributed by atoms with Gasteiger partial charge in [-0.05, 0) is 31.2 Å². The van der Waals surface area contributed by atoms with E-state index in [4.69, 9.17) is 25.7 Å². The van der Waals surface area contributed by atoms with Crippen LogP contribution in [-0.2, 0) is 14.3 Å². The Morgan fingerprint density at radius 1 is 0.917 bits per heavy atom.